The molecule has 0 unspecified atom stereocenters. The quantitative estimate of drug-likeness (QED) is 0.249. The molecule has 0 aromatic heterocycles. The van der Waals surface area contributed by atoms with Crippen molar-refractivity contribution in [3.8, 4) is 11.8 Å². The maximum absolute atomic E-state index is 14.8. The second-order valence-corrected chi connectivity index (χ2v) is 10.4. The van der Waals surface area contributed by atoms with E-state index in [4.69, 9.17) is 5.26 Å². The lowest BCUT2D eigenvalue weighted by Gasteiger charge is -2.37. The van der Waals surface area contributed by atoms with Crippen LogP contribution in [0.25, 0.3) is 0 Å². The Hall–Kier alpha value is -2.95. The van der Waals surface area contributed by atoms with Crippen LogP contribution in [0.5, 0.6) is 5.75 Å². The third-order valence-corrected chi connectivity index (χ3v) is 8.07. The van der Waals surface area contributed by atoms with Gasteiger partial charge in [0, 0.05) is 6.07 Å². The summed E-state index contributed by atoms with van der Waals surface area (Å²) in [6.45, 7) is -0.332. The fourth-order valence-corrected chi connectivity index (χ4v) is 6.04. The predicted molar refractivity (Wildman–Crippen MR) is 132 cm³/mol. The van der Waals surface area contributed by atoms with Crippen molar-refractivity contribution in [1.82, 2.24) is 0 Å². The summed E-state index contributed by atoms with van der Waals surface area (Å²) in [6.07, 6.45) is 7.88. The van der Waals surface area contributed by atoms with E-state index in [9.17, 15) is 26.3 Å². The number of benzene rings is 2. The maximum Gasteiger partial charge on any atom is 0.432 e. The number of halogens is 6. The lowest BCUT2D eigenvalue weighted by molar-refractivity contribution is -0.189. The second-order valence-electron chi connectivity index (χ2n) is 10.4. The van der Waals surface area contributed by atoms with E-state index >= 15 is 0 Å². The normalized spacial score (nSPS) is 24.3. The molecule has 0 bridgehead atoms. The molecule has 2 aromatic carbocycles. The van der Waals surface area contributed by atoms with E-state index in [-0.39, 0.29) is 18.2 Å². The molecule has 2 aromatic rings. The zero-order chi connectivity index (χ0) is 27.3. The first-order valence-electron chi connectivity index (χ1n) is 13.2. The molecule has 0 spiro atoms. The minimum Gasteiger partial charge on any atom is -0.429 e. The van der Waals surface area contributed by atoms with Crippen LogP contribution in [-0.2, 0) is 6.11 Å². The van der Waals surface area contributed by atoms with Crippen LogP contribution in [-0.4, -0.2) is 6.67 Å². The zero-order valence-electron chi connectivity index (χ0n) is 21.0. The lowest BCUT2D eigenvalue weighted by Crippen LogP contribution is -2.26. The van der Waals surface area contributed by atoms with Crippen molar-refractivity contribution < 1.29 is 31.1 Å². The molecule has 2 saturated carbocycles. The minimum absolute atomic E-state index is 0.119. The van der Waals surface area contributed by atoms with Gasteiger partial charge in [0.05, 0.1) is 12.2 Å². The van der Waals surface area contributed by atoms with Crippen LogP contribution < -0.4 is 4.74 Å². The highest BCUT2D eigenvalue weighted by molar-refractivity contribution is 5.37. The zero-order valence-corrected chi connectivity index (χ0v) is 21.0. The maximum atomic E-state index is 14.8. The number of rotatable bonds is 8. The number of nitriles is 1. The number of allylic oxidation sites excluding steroid dienone is 2. The molecule has 0 atom stereocenters. The molecule has 0 amide bonds. The van der Waals surface area contributed by atoms with Crippen LogP contribution in [0.1, 0.15) is 80.4 Å². The Kier molecular flexibility index (Phi) is 9.07. The molecule has 0 radical (unpaired) electrons. The number of ether oxygens (including phenoxy) is 1. The summed E-state index contributed by atoms with van der Waals surface area (Å²) >= 11 is 0. The Labute approximate surface area is 219 Å². The van der Waals surface area contributed by atoms with Crippen molar-refractivity contribution in [2.45, 2.75) is 69.8 Å². The highest BCUT2D eigenvalue weighted by Gasteiger charge is 2.42. The van der Waals surface area contributed by atoms with Crippen molar-refractivity contribution in [3.05, 3.63) is 76.6 Å². The van der Waals surface area contributed by atoms with Gasteiger partial charge in [-0.1, -0.05) is 12.2 Å². The third kappa shape index (κ3) is 6.54. The molecule has 2 aliphatic carbocycles. The fourth-order valence-electron chi connectivity index (χ4n) is 6.04. The molecule has 4 rings (SSSR count). The van der Waals surface area contributed by atoms with Crippen LogP contribution >= 0.6 is 0 Å². The van der Waals surface area contributed by atoms with Crippen LogP contribution in [0.2, 0.25) is 0 Å². The second kappa shape index (κ2) is 12.3. The predicted octanol–water partition coefficient (Wildman–Crippen LogP) is 9.10. The smallest absolute Gasteiger partial charge is 0.429 e. The summed E-state index contributed by atoms with van der Waals surface area (Å²) in [5.41, 5.74) is -1.55. The van der Waals surface area contributed by atoms with Gasteiger partial charge in [0.15, 0.2) is 0 Å². The first-order chi connectivity index (χ1) is 18.2. The number of alkyl halides is 3. The van der Waals surface area contributed by atoms with Crippen molar-refractivity contribution >= 4 is 0 Å². The molecule has 204 valence electrons. The molecular formula is C30H31F6NO. The Morgan fingerprint density at radius 1 is 0.868 bits per heavy atom. The first kappa shape index (κ1) is 28.1. The van der Waals surface area contributed by atoms with E-state index < -0.39 is 34.9 Å². The Balaban J connectivity index is 1.37. The molecule has 0 aliphatic heterocycles. The Bertz CT molecular complexity index is 1150. The summed E-state index contributed by atoms with van der Waals surface area (Å²) < 4.78 is 89.6. The van der Waals surface area contributed by atoms with Crippen LogP contribution in [0, 0.1) is 46.5 Å². The van der Waals surface area contributed by atoms with Gasteiger partial charge in [-0.15, -0.1) is 0 Å². The first-order valence-corrected chi connectivity index (χ1v) is 13.2. The van der Waals surface area contributed by atoms with Gasteiger partial charge in [-0.3, -0.25) is 4.39 Å². The Morgan fingerprint density at radius 2 is 1.47 bits per heavy atom. The van der Waals surface area contributed by atoms with Crippen LogP contribution in [0.3, 0.4) is 0 Å². The van der Waals surface area contributed by atoms with Gasteiger partial charge < -0.3 is 4.74 Å². The van der Waals surface area contributed by atoms with Gasteiger partial charge in [-0.05, 0) is 111 Å². The monoisotopic (exact) mass is 535 g/mol. The molecule has 2 fully saturated rings. The third-order valence-electron chi connectivity index (χ3n) is 8.07. The molecule has 38 heavy (non-hydrogen) atoms. The fraction of sp³-hybridized carbons (Fsp3) is 0.500. The topological polar surface area (TPSA) is 33.0 Å². The van der Waals surface area contributed by atoms with Gasteiger partial charge in [-0.25, -0.2) is 13.2 Å². The van der Waals surface area contributed by atoms with E-state index in [1.807, 2.05) is 6.08 Å². The number of hydrogen-bond donors (Lipinski definition) is 0. The van der Waals surface area contributed by atoms with Gasteiger partial charge in [0.2, 0.25) is 0 Å². The Morgan fingerprint density at radius 3 is 2.03 bits per heavy atom. The van der Waals surface area contributed by atoms with Gasteiger partial charge in [0.1, 0.15) is 34.8 Å². The molecular weight excluding hydrogens is 504 g/mol. The van der Waals surface area contributed by atoms with Gasteiger partial charge in [0.25, 0.3) is 0 Å². The number of hydrogen-bond acceptors (Lipinski definition) is 2. The SMILES string of the molecule is N#Cc1ccc(OC(F)(F)c2c(F)cc(C3CCC(C4CCC(/C=C/CCF)CC4)CC3)cc2F)cc1F. The van der Waals surface area contributed by atoms with E-state index in [2.05, 4.69) is 10.8 Å². The summed E-state index contributed by atoms with van der Waals surface area (Å²) in [6, 6.07) is 5.92. The molecule has 0 N–H and O–H groups in total. The molecule has 2 nitrogen and oxygen atoms in total. The lowest BCUT2D eigenvalue weighted by atomic mass is 9.68. The highest BCUT2D eigenvalue weighted by atomic mass is 19.3. The number of nitrogens with zero attached hydrogens (tertiary/aromatic N) is 1. The van der Waals surface area contributed by atoms with Crippen LogP contribution in [0.15, 0.2) is 42.5 Å². The molecule has 8 heteroatoms. The van der Waals surface area contributed by atoms with E-state index in [0.29, 0.717) is 35.8 Å². The van der Waals surface area contributed by atoms with Crippen molar-refractivity contribution in [1.29, 1.82) is 5.26 Å². The van der Waals surface area contributed by atoms with Crippen molar-refractivity contribution in [3.63, 3.8) is 0 Å². The molecule has 0 heterocycles. The molecule has 0 saturated heterocycles. The van der Waals surface area contributed by atoms with Gasteiger partial charge in [-0.2, -0.15) is 14.0 Å². The molecule has 2 aliphatic rings. The van der Waals surface area contributed by atoms with E-state index in [0.717, 1.165) is 75.6 Å². The van der Waals surface area contributed by atoms with E-state index in [1.165, 1.54) is 0 Å². The average Bonchev–Trinajstić information content (AvgIpc) is 2.88. The standard InChI is InChI=1S/C30H31F6NO/c31-14-2-1-3-19-4-6-20(7-5-19)21-8-10-22(11-9-21)24-15-27(33)29(28(34)16-24)30(35,36)38-25-13-12-23(18-37)26(32)17-25/h1,3,12-13,15-17,19-22H,2,4-11,14H2/b3-1+. The summed E-state index contributed by atoms with van der Waals surface area (Å²) in [4.78, 5) is 0. The average molecular weight is 536 g/mol. The van der Waals surface area contributed by atoms with Crippen molar-refractivity contribution in [2.24, 2.45) is 17.8 Å². The van der Waals surface area contributed by atoms with E-state index in [1.54, 1.807) is 6.07 Å². The summed E-state index contributed by atoms with van der Waals surface area (Å²) in [7, 11) is 0. The highest BCUT2D eigenvalue weighted by Crippen LogP contribution is 2.45. The summed E-state index contributed by atoms with van der Waals surface area (Å²) in [5, 5.41) is 8.76. The minimum atomic E-state index is -4.38. The summed E-state index contributed by atoms with van der Waals surface area (Å²) in [5.74, 6) is -3.02. The largest absolute Gasteiger partial charge is 0.432 e. The van der Waals surface area contributed by atoms with Gasteiger partial charge >= 0.3 is 6.11 Å². The van der Waals surface area contributed by atoms with Crippen LogP contribution in [0.4, 0.5) is 26.3 Å². The van der Waals surface area contributed by atoms with Crippen molar-refractivity contribution in [2.75, 3.05) is 6.67 Å².